The lowest BCUT2D eigenvalue weighted by molar-refractivity contribution is -0.152. The summed E-state index contributed by atoms with van der Waals surface area (Å²) in [7, 11) is 0. The van der Waals surface area contributed by atoms with Gasteiger partial charge in [0.1, 0.15) is 11.7 Å². The molecule has 3 nitrogen and oxygen atoms in total. The molecule has 20 heavy (non-hydrogen) atoms. The molecule has 0 fully saturated rings. The number of benzene rings is 1. The number of ketones is 1. The summed E-state index contributed by atoms with van der Waals surface area (Å²) in [5.74, 6) is -1.65. The molecule has 0 saturated heterocycles. The Labute approximate surface area is 129 Å². The Balaban J connectivity index is 2.96. The van der Waals surface area contributed by atoms with E-state index in [-0.39, 0.29) is 24.7 Å². The molecule has 0 aliphatic heterocycles. The molecule has 0 N–H and O–H groups in total. The van der Waals surface area contributed by atoms with Crippen molar-refractivity contribution in [3.05, 3.63) is 33.8 Å². The Bertz CT molecular complexity index is 498. The zero-order chi connectivity index (χ0) is 15.3. The van der Waals surface area contributed by atoms with E-state index in [0.717, 1.165) is 5.56 Å². The molecule has 0 saturated carbocycles. The Kier molecular flexibility index (Phi) is 6.50. The Morgan fingerprint density at radius 2 is 1.85 bits per heavy atom. The molecule has 0 bridgehead atoms. The number of hydrogen-bond donors (Lipinski definition) is 0. The fourth-order valence-electron chi connectivity index (χ4n) is 1.85. The van der Waals surface area contributed by atoms with Gasteiger partial charge >= 0.3 is 5.97 Å². The van der Waals surface area contributed by atoms with Crippen molar-refractivity contribution in [2.45, 2.75) is 27.2 Å². The largest absolute Gasteiger partial charge is 0.465 e. The monoisotopic (exact) mass is 316 g/mol. The molecule has 5 heteroatoms. The summed E-state index contributed by atoms with van der Waals surface area (Å²) < 4.78 is 4.98. The lowest BCUT2D eigenvalue weighted by Gasteiger charge is -2.17. The quantitative estimate of drug-likeness (QED) is 0.589. The molecule has 0 aliphatic carbocycles. The van der Waals surface area contributed by atoms with E-state index in [0.29, 0.717) is 10.0 Å². The zero-order valence-corrected chi connectivity index (χ0v) is 13.3. The van der Waals surface area contributed by atoms with Crippen molar-refractivity contribution < 1.29 is 14.3 Å². The number of carbonyl (C=O) groups is 2. The van der Waals surface area contributed by atoms with E-state index in [2.05, 4.69) is 0 Å². The predicted molar refractivity (Wildman–Crippen MR) is 80.1 cm³/mol. The number of halogens is 2. The first-order chi connectivity index (χ1) is 9.36. The molecule has 110 valence electrons. The van der Waals surface area contributed by atoms with Crippen molar-refractivity contribution in [2.24, 2.45) is 11.8 Å². The highest BCUT2D eigenvalue weighted by molar-refractivity contribution is 6.42. The summed E-state index contributed by atoms with van der Waals surface area (Å²) in [6, 6.07) is 5.08. The molecular formula is C15H18Cl2O3. The Hall–Kier alpha value is -1.06. The third kappa shape index (κ3) is 4.50. The average molecular weight is 317 g/mol. The molecule has 1 atom stereocenters. The summed E-state index contributed by atoms with van der Waals surface area (Å²) in [6.45, 7) is 5.50. The number of carbonyl (C=O) groups excluding carboxylic acids is 2. The van der Waals surface area contributed by atoms with Gasteiger partial charge in [-0.15, -0.1) is 0 Å². The summed E-state index contributed by atoms with van der Waals surface area (Å²) >= 11 is 11.8. The second-order valence-corrected chi connectivity index (χ2v) is 5.63. The van der Waals surface area contributed by atoms with Gasteiger partial charge in [0, 0.05) is 5.92 Å². The lowest BCUT2D eigenvalue weighted by Crippen LogP contribution is -2.31. The molecule has 0 amide bonds. The maximum absolute atomic E-state index is 12.2. The second kappa shape index (κ2) is 7.65. The number of ether oxygens (including phenoxy) is 1. The highest BCUT2D eigenvalue weighted by Crippen LogP contribution is 2.25. The van der Waals surface area contributed by atoms with Crippen LogP contribution in [0.15, 0.2) is 18.2 Å². The number of rotatable bonds is 6. The van der Waals surface area contributed by atoms with Crippen LogP contribution >= 0.6 is 23.2 Å². The van der Waals surface area contributed by atoms with Crippen molar-refractivity contribution >= 4 is 35.0 Å². The molecule has 1 aromatic rings. The maximum Gasteiger partial charge on any atom is 0.316 e. The highest BCUT2D eigenvalue weighted by Gasteiger charge is 2.29. The van der Waals surface area contributed by atoms with Gasteiger partial charge < -0.3 is 4.74 Å². The molecule has 0 aliphatic rings. The predicted octanol–water partition coefficient (Wildman–Crippen LogP) is 3.94. The number of esters is 1. The molecule has 1 aromatic carbocycles. The smallest absolute Gasteiger partial charge is 0.316 e. The minimum atomic E-state index is -0.799. The van der Waals surface area contributed by atoms with E-state index in [1.807, 2.05) is 0 Å². The van der Waals surface area contributed by atoms with Gasteiger partial charge in [0.2, 0.25) is 0 Å². The first-order valence-electron chi connectivity index (χ1n) is 6.51. The summed E-state index contributed by atoms with van der Waals surface area (Å²) in [4.78, 5) is 24.1. The first kappa shape index (κ1) is 17.0. The third-order valence-electron chi connectivity index (χ3n) is 2.91. The first-order valence-corrected chi connectivity index (χ1v) is 7.26. The topological polar surface area (TPSA) is 43.4 Å². The third-order valence-corrected chi connectivity index (χ3v) is 3.65. The minimum Gasteiger partial charge on any atom is -0.465 e. The highest BCUT2D eigenvalue weighted by atomic mass is 35.5. The number of hydrogen-bond acceptors (Lipinski definition) is 3. The van der Waals surface area contributed by atoms with Crippen molar-refractivity contribution in [1.82, 2.24) is 0 Å². The fourth-order valence-corrected chi connectivity index (χ4v) is 2.17. The van der Waals surface area contributed by atoms with Crippen LogP contribution in [-0.2, 0) is 20.7 Å². The van der Waals surface area contributed by atoms with Crippen molar-refractivity contribution in [1.29, 1.82) is 0 Å². The van der Waals surface area contributed by atoms with Crippen molar-refractivity contribution in [2.75, 3.05) is 6.61 Å². The van der Waals surface area contributed by atoms with Gasteiger partial charge in [-0.1, -0.05) is 43.1 Å². The van der Waals surface area contributed by atoms with E-state index in [1.54, 1.807) is 39.0 Å². The summed E-state index contributed by atoms with van der Waals surface area (Å²) in [5.41, 5.74) is 0.784. The normalized spacial score (nSPS) is 12.3. The van der Waals surface area contributed by atoms with Crippen LogP contribution in [0.1, 0.15) is 26.3 Å². The standard InChI is InChI=1S/C15H18Cl2O3/c1-4-20-15(19)11(14(18)9(2)3)7-10-5-6-12(16)13(17)8-10/h5-6,8-9,11H,4,7H2,1-3H3. The summed E-state index contributed by atoms with van der Waals surface area (Å²) in [6.07, 6.45) is 0.271. The lowest BCUT2D eigenvalue weighted by atomic mass is 9.89. The van der Waals surface area contributed by atoms with Crippen LogP contribution in [0.4, 0.5) is 0 Å². The van der Waals surface area contributed by atoms with Gasteiger partial charge in [-0.2, -0.15) is 0 Å². The molecule has 0 aromatic heterocycles. The molecule has 0 radical (unpaired) electrons. The fraction of sp³-hybridized carbons (Fsp3) is 0.467. The van der Waals surface area contributed by atoms with Crippen LogP contribution in [-0.4, -0.2) is 18.4 Å². The Morgan fingerprint density at radius 3 is 2.35 bits per heavy atom. The molecular weight excluding hydrogens is 299 g/mol. The number of Topliss-reactive ketones (excluding diaryl/α,β-unsaturated/α-hetero) is 1. The van der Waals surface area contributed by atoms with Crippen LogP contribution < -0.4 is 0 Å². The van der Waals surface area contributed by atoms with E-state index < -0.39 is 11.9 Å². The van der Waals surface area contributed by atoms with Crippen LogP contribution in [0.5, 0.6) is 0 Å². The van der Waals surface area contributed by atoms with Gasteiger partial charge in [0.25, 0.3) is 0 Å². The molecule has 0 spiro atoms. The van der Waals surface area contributed by atoms with E-state index in [9.17, 15) is 9.59 Å². The van der Waals surface area contributed by atoms with Crippen molar-refractivity contribution in [3.63, 3.8) is 0 Å². The van der Waals surface area contributed by atoms with Gasteiger partial charge in [0.05, 0.1) is 16.7 Å². The summed E-state index contributed by atoms with van der Waals surface area (Å²) in [5, 5.41) is 0.849. The minimum absolute atomic E-state index is 0.130. The molecule has 1 unspecified atom stereocenters. The van der Waals surface area contributed by atoms with Crippen LogP contribution in [0.25, 0.3) is 0 Å². The van der Waals surface area contributed by atoms with Gasteiger partial charge in [-0.25, -0.2) is 0 Å². The SMILES string of the molecule is CCOC(=O)C(Cc1ccc(Cl)c(Cl)c1)C(=O)C(C)C. The Morgan fingerprint density at radius 1 is 1.20 bits per heavy atom. The van der Waals surface area contributed by atoms with Crippen LogP contribution in [0.3, 0.4) is 0 Å². The van der Waals surface area contributed by atoms with Crippen LogP contribution in [0.2, 0.25) is 10.0 Å². The van der Waals surface area contributed by atoms with Gasteiger partial charge in [0.15, 0.2) is 0 Å². The van der Waals surface area contributed by atoms with Gasteiger partial charge in [-0.3, -0.25) is 9.59 Å². The zero-order valence-electron chi connectivity index (χ0n) is 11.8. The van der Waals surface area contributed by atoms with Gasteiger partial charge in [-0.05, 0) is 31.0 Å². The van der Waals surface area contributed by atoms with Crippen molar-refractivity contribution in [3.8, 4) is 0 Å². The van der Waals surface area contributed by atoms with Crippen LogP contribution in [0, 0.1) is 11.8 Å². The maximum atomic E-state index is 12.2. The van der Waals surface area contributed by atoms with E-state index in [1.165, 1.54) is 0 Å². The van der Waals surface area contributed by atoms with E-state index >= 15 is 0 Å². The molecule has 1 rings (SSSR count). The average Bonchev–Trinajstić information content (AvgIpc) is 2.39. The van der Waals surface area contributed by atoms with E-state index in [4.69, 9.17) is 27.9 Å². The molecule has 0 heterocycles. The second-order valence-electron chi connectivity index (χ2n) is 4.81.